The van der Waals surface area contributed by atoms with Crippen molar-refractivity contribution < 1.29 is 14.6 Å². The van der Waals surface area contributed by atoms with Gasteiger partial charge in [0.25, 0.3) is 0 Å². The van der Waals surface area contributed by atoms with Crippen LogP contribution in [0.4, 0.5) is 0 Å². The Balaban J connectivity index is 1.63. The van der Waals surface area contributed by atoms with Gasteiger partial charge < -0.3 is 9.84 Å². The molecule has 0 saturated heterocycles. The van der Waals surface area contributed by atoms with E-state index in [0.717, 1.165) is 25.7 Å². The molecule has 1 fully saturated rings. The zero-order chi connectivity index (χ0) is 17.1. The molecule has 1 saturated carbocycles. The second-order valence-corrected chi connectivity index (χ2v) is 7.66. The first-order chi connectivity index (χ1) is 11.6. The van der Waals surface area contributed by atoms with Crippen molar-refractivity contribution in [2.45, 2.75) is 76.9 Å². The molecule has 24 heavy (non-hydrogen) atoms. The Kier molecular flexibility index (Phi) is 5.60. The number of fused-ring (bicyclic) bond motifs is 1. The lowest BCUT2D eigenvalue weighted by molar-refractivity contribution is -0.159. The standard InChI is InChI=1S/C21H30O3/c1-3-4-9-19(22)18(12-15-10-11-15)21(23)24-20-13-16-7-5-6-8-17(16)14(20)2/h5-8,14-15,18-20,22H,3-4,9-13H2,1-2H3/t14-,18-,19-,20+/m1/s1. The number of unbranched alkanes of at least 4 members (excludes halogenated alkanes) is 1. The van der Waals surface area contributed by atoms with Crippen LogP contribution in [-0.2, 0) is 16.0 Å². The van der Waals surface area contributed by atoms with Crippen LogP contribution in [0.1, 0.15) is 69.4 Å². The summed E-state index contributed by atoms with van der Waals surface area (Å²) in [5.41, 5.74) is 2.58. The molecule has 1 aromatic rings. The first kappa shape index (κ1) is 17.5. The molecule has 0 heterocycles. The maximum Gasteiger partial charge on any atom is 0.311 e. The van der Waals surface area contributed by atoms with E-state index in [1.54, 1.807) is 0 Å². The van der Waals surface area contributed by atoms with Crippen molar-refractivity contribution in [3.05, 3.63) is 35.4 Å². The van der Waals surface area contributed by atoms with E-state index >= 15 is 0 Å². The predicted octanol–water partition coefficient (Wildman–Crippen LogP) is 4.23. The lowest BCUT2D eigenvalue weighted by atomic mass is 9.92. The fourth-order valence-corrected chi connectivity index (χ4v) is 3.88. The summed E-state index contributed by atoms with van der Waals surface area (Å²) in [4.78, 5) is 12.8. The second kappa shape index (κ2) is 7.69. The van der Waals surface area contributed by atoms with Crippen LogP contribution in [0.5, 0.6) is 0 Å². The molecule has 0 radical (unpaired) electrons. The van der Waals surface area contributed by atoms with E-state index in [1.165, 1.54) is 24.0 Å². The van der Waals surface area contributed by atoms with E-state index < -0.39 is 6.10 Å². The van der Waals surface area contributed by atoms with Gasteiger partial charge in [0.2, 0.25) is 0 Å². The molecule has 3 rings (SSSR count). The van der Waals surface area contributed by atoms with Gasteiger partial charge in [0.15, 0.2) is 0 Å². The molecule has 0 amide bonds. The second-order valence-electron chi connectivity index (χ2n) is 7.66. The van der Waals surface area contributed by atoms with Gasteiger partial charge >= 0.3 is 5.97 Å². The number of aliphatic hydroxyl groups is 1. The van der Waals surface area contributed by atoms with Crippen LogP contribution in [0.3, 0.4) is 0 Å². The average Bonchev–Trinajstić information content (AvgIpc) is 3.35. The maximum atomic E-state index is 12.8. The lowest BCUT2D eigenvalue weighted by Crippen LogP contribution is -2.34. The van der Waals surface area contributed by atoms with Crippen LogP contribution in [-0.4, -0.2) is 23.3 Å². The number of hydrogen-bond donors (Lipinski definition) is 1. The third-order valence-corrected chi connectivity index (χ3v) is 5.70. The van der Waals surface area contributed by atoms with Gasteiger partial charge in [-0.25, -0.2) is 0 Å². The summed E-state index contributed by atoms with van der Waals surface area (Å²) in [5.74, 6) is 0.312. The van der Waals surface area contributed by atoms with Crippen LogP contribution in [0.25, 0.3) is 0 Å². The highest BCUT2D eigenvalue weighted by Crippen LogP contribution is 2.39. The molecule has 0 bridgehead atoms. The average molecular weight is 330 g/mol. The largest absolute Gasteiger partial charge is 0.461 e. The molecule has 1 aromatic carbocycles. The van der Waals surface area contributed by atoms with E-state index in [0.29, 0.717) is 12.3 Å². The number of benzene rings is 1. The van der Waals surface area contributed by atoms with Gasteiger partial charge in [0.05, 0.1) is 12.0 Å². The van der Waals surface area contributed by atoms with Gasteiger partial charge in [0, 0.05) is 12.3 Å². The number of carbonyl (C=O) groups excluding carboxylic acids is 1. The van der Waals surface area contributed by atoms with Crippen LogP contribution in [0.15, 0.2) is 24.3 Å². The minimum absolute atomic E-state index is 0.0880. The number of rotatable bonds is 8. The highest BCUT2D eigenvalue weighted by Gasteiger charge is 2.38. The number of hydrogen-bond acceptors (Lipinski definition) is 3. The van der Waals surface area contributed by atoms with Crippen LogP contribution in [0, 0.1) is 11.8 Å². The molecule has 3 nitrogen and oxygen atoms in total. The van der Waals surface area contributed by atoms with E-state index in [2.05, 4.69) is 26.0 Å². The molecule has 3 heteroatoms. The number of carbonyl (C=O) groups is 1. The quantitative estimate of drug-likeness (QED) is 0.726. The summed E-state index contributed by atoms with van der Waals surface area (Å²) in [5, 5.41) is 10.5. The van der Waals surface area contributed by atoms with Crippen molar-refractivity contribution in [1.29, 1.82) is 0 Å². The molecular formula is C21H30O3. The molecule has 4 atom stereocenters. The van der Waals surface area contributed by atoms with Crippen molar-refractivity contribution in [3.63, 3.8) is 0 Å². The lowest BCUT2D eigenvalue weighted by Gasteiger charge is -2.25. The summed E-state index contributed by atoms with van der Waals surface area (Å²) in [6, 6.07) is 8.34. The van der Waals surface area contributed by atoms with Gasteiger partial charge in [-0.2, -0.15) is 0 Å². The Hall–Kier alpha value is -1.35. The van der Waals surface area contributed by atoms with Crippen LogP contribution < -0.4 is 0 Å². The molecule has 2 aliphatic rings. The van der Waals surface area contributed by atoms with Crippen molar-refractivity contribution in [1.82, 2.24) is 0 Å². The van der Waals surface area contributed by atoms with E-state index in [9.17, 15) is 9.90 Å². The molecule has 0 spiro atoms. The Morgan fingerprint density at radius 2 is 2.08 bits per heavy atom. The van der Waals surface area contributed by atoms with E-state index in [4.69, 9.17) is 4.74 Å². The normalized spacial score (nSPS) is 25.1. The zero-order valence-corrected chi connectivity index (χ0v) is 14.9. The molecule has 0 aromatic heterocycles. The number of esters is 1. The predicted molar refractivity (Wildman–Crippen MR) is 94.8 cm³/mol. The molecule has 2 aliphatic carbocycles. The summed E-state index contributed by atoms with van der Waals surface area (Å²) >= 11 is 0. The van der Waals surface area contributed by atoms with Crippen molar-refractivity contribution in [2.75, 3.05) is 0 Å². The maximum absolute atomic E-state index is 12.8. The summed E-state index contributed by atoms with van der Waals surface area (Å²) in [7, 11) is 0. The third-order valence-electron chi connectivity index (χ3n) is 5.70. The summed E-state index contributed by atoms with van der Waals surface area (Å²) in [6.45, 7) is 4.24. The van der Waals surface area contributed by atoms with Gasteiger partial charge in [-0.15, -0.1) is 0 Å². The SMILES string of the molecule is CCCC[C@@H](O)[C@@H](CC1CC1)C(=O)O[C@H]1Cc2ccccc2[C@H]1C. The Labute approximate surface area is 145 Å². The molecule has 0 aliphatic heterocycles. The minimum Gasteiger partial charge on any atom is -0.461 e. The molecular weight excluding hydrogens is 300 g/mol. The topological polar surface area (TPSA) is 46.5 Å². The molecule has 1 N–H and O–H groups in total. The first-order valence-corrected chi connectivity index (χ1v) is 9.56. The van der Waals surface area contributed by atoms with Gasteiger partial charge in [-0.1, -0.05) is 63.8 Å². The highest BCUT2D eigenvalue weighted by atomic mass is 16.5. The summed E-state index contributed by atoms with van der Waals surface area (Å²) < 4.78 is 5.90. The van der Waals surface area contributed by atoms with Gasteiger partial charge in [-0.05, 0) is 29.9 Å². The van der Waals surface area contributed by atoms with Crippen LogP contribution in [0.2, 0.25) is 0 Å². The van der Waals surface area contributed by atoms with Crippen LogP contribution >= 0.6 is 0 Å². The van der Waals surface area contributed by atoms with Crippen molar-refractivity contribution in [2.24, 2.45) is 11.8 Å². The first-order valence-electron chi connectivity index (χ1n) is 9.56. The van der Waals surface area contributed by atoms with Gasteiger partial charge in [-0.3, -0.25) is 4.79 Å². The smallest absolute Gasteiger partial charge is 0.311 e. The number of ether oxygens (including phenoxy) is 1. The Morgan fingerprint density at radius 3 is 2.75 bits per heavy atom. The van der Waals surface area contributed by atoms with Gasteiger partial charge in [0.1, 0.15) is 6.10 Å². The van der Waals surface area contributed by atoms with E-state index in [-0.39, 0.29) is 23.9 Å². The fraction of sp³-hybridized carbons (Fsp3) is 0.667. The Morgan fingerprint density at radius 1 is 1.33 bits per heavy atom. The third kappa shape index (κ3) is 4.00. The fourth-order valence-electron chi connectivity index (χ4n) is 3.88. The minimum atomic E-state index is -0.558. The summed E-state index contributed by atoms with van der Waals surface area (Å²) in [6.07, 6.45) is 6.02. The Bertz CT molecular complexity index is 564. The highest BCUT2D eigenvalue weighted by molar-refractivity contribution is 5.73. The van der Waals surface area contributed by atoms with Crippen molar-refractivity contribution in [3.8, 4) is 0 Å². The van der Waals surface area contributed by atoms with Crippen molar-refractivity contribution >= 4 is 5.97 Å². The monoisotopic (exact) mass is 330 g/mol. The zero-order valence-electron chi connectivity index (χ0n) is 14.9. The number of aliphatic hydroxyl groups excluding tert-OH is 1. The van der Waals surface area contributed by atoms with E-state index in [1.807, 2.05) is 12.1 Å². The molecule has 0 unspecified atom stereocenters. The molecule has 132 valence electrons.